The molecule has 0 bridgehead atoms. The van der Waals surface area contributed by atoms with Crippen LogP contribution < -0.4 is 5.32 Å². The van der Waals surface area contributed by atoms with E-state index in [1.54, 1.807) is 6.07 Å². The summed E-state index contributed by atoms with van der Waals surface area (Å²) in [6, 6.07) is 3.07. The van der Waals surface area contributed by atoms with Crippen molar-refractivity contribution in [2.24, 2.45) is 0 Å². The minimum absolute atomic E-state index is 0.0585. The lowest BCUT2D eigenvalue weighted by atomic mass is 10.3. The molecule has 0 aliphatic heterocycles. The molecule has 0 unspecified atom stereocenters. The van der Waals surface area contributed by atoms with Crippen molar-refractivity contribution in [3.63, 3.8) is 0 Å². The van der Waals surface area contributed by atoms with E-state index in [1.165, 1.54) is 25.1 Å². The first-order valence-electron chi connectivity index (χ1n) is 5.00. The van der Waals surface area contributed by atoms with Crippen LogP contribution in [0.15, 0.2) is 22.8 Å². The Hall–Kier alpha value is -0.940. The molecule has 0 amide bonds. The Balaban J connectivity index is 0.000000181. The monoisotopic (exact) mass is 286 g/mol. The van der Waals surface area contributed by atoms with Crippen molar-refractivity contribution in [3.8, 4) is 0 Å². The first-order chi connectivity index (χ1) is 7.47. The molecule has 0 spiro atoms. The summed E-state index contributed by atoms with van der Waals surface area (Å²) in [6.07, 6.45) is 4.18. The Morgan fingerprint density at radius 1 is 1.56 bits per heavy atom. The maximum absolute atomic E-state index is 10.2. The molecule has 4 nitrogen and oxygen atoms in total. The number of pyridine rings is 1. The van der Waals surface area contributed by atoms with Gasteiger partial charge in [-0.25, -0.2) is 9.78 Å². The Morgan fingerprint density at radius 3 is 2.44 bits per heavy atom. The lowest BCUT2D eigenvalue weighted by Crippen LogP contribution is -2.21. The molecule has 88 valence electrons. The van der Waals surface area contributed by atoms with Gasteiger partial charge in [-0.3, -0.25) is 0 Å². The van der Waals surface area contributed by atoms with Gasteiger partial charge in [0.25, 0.3) is 0 Å². The number of hydrogen-bond donors (Lipinski definition) is 2. The van der Waals surface area contributed by atoms with E-state index < -0.39 is 5.97 Å². The van der Waals surface area contributed by atoms with Crippen LogP contribution in [0.3, 0.4) is 0 Å². The highest BCUT2D eigenvalue weighted by atomic mass is 79.9. The number of carboxylic acid groups (broad SMARTS) is 1. The normalized spacial score (nSPS) is 15.9. The third-order valence-electron chi connectivity index (χ3n) is 2.55. The average Bonchev–Trinajstić information content (AvgIpc) is 2.99. The second-order valence-corrected chi connectivity index (χ2v) is 4.89. The molecular formula is C11H15BrN2O2. The number of halogens is 1. The van der Waals surface area contributed by atoms with Gasteiger partial charge in [-0.15, -0.1) is 0 Å². The van der Waals surface area contributed by atoms with Crippen molar-refractivity contribution in [1.29, 1.82) is 0 Å². The molecular weight excluding hydrogens is 272 g/mol. The molecule has 1 saturated carbocycles. The lowest BCUT2D eigenvalue weighted by Gasteiger charge is -2.01. The van der Waals surface area contributed by atoms with Gasteiger partial charge in [0.05, 0.1) is 0 Å². The highest BCUT2D eigenvalue weighted by Crippen LogP contribution is 2.33. The van der Waals surface area contributed by atoms with E-state index in [2.05, 4.69) is 33.2 Å². The fourth-order valence-electron chi connectivity index (χ4n) is 0.940. The zero-order valence-electron chi connectivity index (χ0n) is 9.33. The number of aromatic nitrogens is 1. The average molecular weight is 287 g/mol. The van der Waals surface area contributed by atoms with E-state index in [9.17, 15) is 4.79 Å². The first kappa shape index (κ1) is 13.1. The van der Waals surface area contributed by atoms with Crippen molar-refractivity contribution in [2.45, 2.75) is 25.3 Å². The fourth-order valence-corrected chi connectivity index (χ4v) is 1.17. The minimum atomic E-state index is -1.01. The largest absolute Gasteiger partial charge is 0.477 e. The zero-order chi connectivity index (χ0) is 12.2. The molecule has 1 heterocycles. The molecule has 2 rings (SSSR count). The topological polar surface area (TPSA) is 62.2 Å². The van der Waals surface area contributed by atoms with Gasteiger partial charge in [0.2, 0.25) is 0 Å². The Bertz CT molecular complexity index is 361. The maximum Gasteiger partial charge on any atom is 0.354 e. The Morgan fingerprint density at radius 2 is 2.19 bits per heavy atom. The van der Waals surface area contributed by atoms with Crippen LogP contribution in [0, 0.1) is 0 Å². The van der Waals surface area contributed by atoms with Crippen molar-refractivity contribution < 1.29 is 9.90 Å². The van der Waals surface area contributed by atoms with Gasteiger partial charge in [-0.1, -0.05) is 0 Å². The molecule has 0 atom stereocenters. The van der Waals surface area contributed by atoms with Crippen molar-refractivity contribution in [2.75, 3.05) is 7.05 Å². The number of rotatable bonds is 2. The van der Waals surface area contributed by atoms with E-state index in [0.717, 1.165) is 4.47 Å². The number of aromatic carboxylic acids is 1. The number of carboxylic acids is 1. The Kier molecular flexibility index (Phi) is 4.44. The third-order valence-corrected chi connectivity index (χ3v) is 3.02. The highest BCUT2D eigenvalue weighted by molar-refractivity contribution is 9.10. The smallest absolute Gasteiger partial charge is 0.354 e. The van der Waals surface area contributed by atoms with Gasteiger partial charge < -0.3 is 10.4 Å². The molecule has 1 aromatic rings. The van der Waals surface area contributed by atoms with E-state index in [-0.39, 0.29) is 5.69 Å². The molecule has 5 heteroatoms. The van der Waals surface area contributed by atoms with Crippen LogP contribution in [0.4, 0.5) is 0 Å². The summed E-state index contributed by atoms with van der Waals surface area (Å²) in [5.74, 6) is -1.01. The van der Waals surface area contributed by atoms with Crippen LogP contribution in [0.5, 0.6) is 0 Å². The molecule has 0 saturated heterocycles. The summed E-state index contributed by atoms with van der Waals surface area (Å²) >= 11 is 3.14. The van der Waals surface area contributed by atoms with Gasteiger partial charge in [0, 0.05) is 16.2 Å². The van der Waals surface area contributed by atoms with Crippen molar-refractivity contribution in [1.82, 2.24) is 10.3 Å². The first-order valence-corrected chi connectivity index (χ1v) is 5.80. The van der Waals surface area contributed by atoms with Crippen LogP contribution in [-0.4, -0.2) is 28.6 Å². The summed E-state index contributed by atoms with van der Waals surface area (Å²) in [5.41, 5.74) is 0.600. The minimum Gasteiger partial charge on any atom is -0.477 e. The van der Waals surface area contributed by atoms with Gasteiger partial charge in [-0.05, 0) is 54.9 Å². The lowest BCUT2D eigenvalue weighted by molar-refractivity contribution is 0.0690. The molecule has 0 aromatic carbocycles. The summed E-state index contributed by atoms with van der Waals surface area (Å²) in [5, 5.41) is 11.6. The van der Waals surface area contributed by atoms with E-state index >= 15 is 0 Å². The number of carbonyl (C=O) groups is 1. The van der Waals surface area contributed by atoms with Gasteiger partial charge in [0.15, 0.2) is 0 Å². The van der Waals surface area contributed by atoms with Crippen LogP contribution >= 0.6 is 15.9 Å². The number of nitrogens with zero attached hydrogens (tertiary/aromatic N) is 1. The third kappa shape index (κ3) is 4.28. The number of hydrogen-bond acceptors (Lipinski definition) is 3. The van der Waals surface area contributed by atoms with E-state index in [0.29, 0.717) is 5.54 Å². The molecule has 0 radical (unpaired) electrons. The van der Waals surface area contributed by atoms with E-state index in [4.69, 9.17) is 5.11 Å². The zero-order valence-corrected chi connectivity index (χ0v) is 10.9. The standard InChI is InChI=1S/C6H4BrNO2.C5H11N/c7-4-1-2-5(6(9)10)8-3-4;1-5(6-2)3-4-5/h1-3H,(H,9,10);6H,3-4H2,1-2H3. The van der Waals surface area contributed by atoms with Gasteiger partial charge in [0.1, 0.15) is 5.69 Å². The maximum atomic E-state index is 10.2. The van der Waals surface area contributed by atoms with Crippen LogP contribution in [0.1, 0.15) is 30.3 Å². The van der Waals surface area contributed by atoms with Crippen LogP contribution in [-0.2, 0) is 0 Å². The van der Waals surface area contributed by atoms with Crippen molar-refractivity contribution >= 4 is 21.9 Å². The summed E-state index contributed by atoms with van der Waals surface area (Å²) in [4.78, 5) is 13.9. The predicted octanol–water partition coefficient (Wildman–Crippen LogP) is 2.30. The van der Waals surface area contributed by atoms with Crippen LogP contribution in [0.25, 0.3) is 0 Å². The highest BCUT2D eigenvalue weighted by Gasteiger charge is 2.34. The number of nitrogens with one attached hydrogen (secondary N) is 1. The molecule has 1 aromatic heterocycles. The SMILES string of the molecule is CNC1(C)CC1.O=C(O)c1ccc(Br)cn1. The summed E-state index contributed by atoms with van der Waals surface area (Å²) in [6.45, 7) is 2.24. The predicted molar refractivity (Wildman–Crippen MR) is 65.6 cm³/mol. The van der Waals surface area contributed by atoms with E-state index in [1.807, 2.05) is 7.05 Å². The second kappa shape index (κ2) is 5.41. The van der Waals surface area contributed by atoms with Gasteiger partial charge >= 0.3 is 5.97 Å². The molecule has 2 N–H and O–H groups in total. The summed E-state index contributed by atoms with van der Waals surface area (Å²) < 4.78 is 0.775. The summed E-state index contributed by atoms with van der Waals surface area (Å²) in [7, 11) is 2.02. The fraction of sp³-hybridized carbons (Fsp3) is 0.455. The quantitative estimate of drug-likeness (QED) is 0.876. The Labute approximate surface area is 103 Å². The molecule has 1 aliphatic rings. The second-order valence-electron chi connectivity index (χ2n) is 3.98. The van der Waals surface area contributed by atoms with Crippen LogP contribution in [0.2, 0.25) is 0 Å². The molecule has 16 heavy (non-hydrogen) atoms. The molecule has 1 aliphatic carbocycles. The van der Waals surface area contributed by atoms with Gasteiger partial charge in [-0.2, -0.15) is 0 Å². The molecule has 1 fully saturated rings. The van der Waals surface area contributed by atoms with Crippen molar-refractivity contribution in [3.05, 3.63) is 28.5 Å².